The average molecular weight is 444 g/mol. The molecule has 2 aromatic carbocycles. The molecule has 2 amide bonds. The van der Waals surface area contributed by atoms with Crippen LogP contribution in [0.2, 0.25) is 5.02 Å². The molecule has 2 heterocycles. The number of nitrogens with zero attached hydrogens (tertiary/aromatic N) is 2. The van der Waals surface area contributed by atoms with E-state index in [1.54, 1.807) is 24.3 Å². The van der Waals surface area contributed by atoms with E-state index in [4.69, 9.17) is 21.1 Å². The van der Waals surface area contributed by atoms with Gasteiger partial charge in [-0.25, -0.2) is 0 Å². The van der Waals surface area contributed by atoms with Gasteiger partial charge in [0, 0.05) is 42.7 Å². The smallest absolute Gasteiger partial charge is 0.255 e. The highest BCUT2D eigenvalue weighted by Gasteiger charge is 2.25. The molecule has 1 fully saturated rings. The molecule has 0 spiro atoms. The van der Waals surface area contributed by atoms with E-state index in [0.717, 1.165) is 5.69 Å². The van der Waals surface area contributed by atoms with Gasteiger partial charge in [-0.2, -0.15) is 0 Å². The summed E-state index contributed by atoms with van der Waals surface area (Å²) in [6.07, 6.45) is 0. The van der Waals surface area contributed by atoms with Crippen LogP contribution in [0.4, 0.5) is 11.4 Å². The van der Waals surface area contributed by atoms with Gasteiger partial charge in [0.25, 0.3) is 5.91 Å². The van der Waals surface area contributed by atoms with Gasteiger partial charge in [-0.1, -0.05) is 25.4 Å². The van der Waals surface area contributed by atoms with Crippen molar-refractivity contribution in [2.24, 2.45) is 5.92 Å². The lowest BCUT2D eigenvalue weighted by atomic mass is 10.1. The van der Waals surface area contributed by atoms with E-state index < -0.39 is 0 Å². The molecule has 2 aromatic rings. The first kappa shape index (κ1) is 21.3. The van der Waals surface area contributed by atoms with E-state index in [0.29, 0.717) is 67.2 Å². The van der Waals surface area contributed by atoms with Crippen molar-refractivity contribution in [3.05, 3.63) is 47.0 Å². The van der Waals surface area contributed by atoms with E-state index >= 15 is 0 Å². The Labute approximate surface area is 186 Å². The van der Waals surface area contributed by atoms with Gasteiger partial charge in [0.05, 0.1) is 11.4 Å². The highest BCUT2D eigenvalue weighted by molar-refractivity contribution is 6.31. The van der Waals surface area contributed by atoms with Crippen LogP contribution in [0.3, 0.4) is 0 Å². The number of piperazine rings is 1. The number of halogens is 1. The summed E-state index contributed by atoms with van der Waals surface area (Å²) in [6, 6.07) is 10.6. The number of hydrogen-bond acceptors (Lipinski definition) is 5. The maximum Gasteiger partial charge on any atom is 0.255 e. The summed E-state index contributed by atoms with van der Waals surface area (Å²) < 4.78 is 11.1. The molecule has 1 N–H and O–H groups in total. The van der Waals surface area contributed by atoms with Crippen LogP contribution in [0, 0.1) is 5.92 Å². The van der Waals surface area contributed by atoms with Crippen LogP contribution in [0.25, 0.3) is 0 Å². The minimum atomic E-state index is -0.255. The predicted molar refractivity (Wildman–Crippen MR) is 120 cm³/mol. The molecule has 0 saturated carbocycles. The largest absolute Gasteiger partial charge is 0.486 e. The lowest BCUT2D eigenvalue weighted by Gasteiger charge is -2.37. The fourth-order valence-corrected chi connectivity index (χ4v) is 3.97. The number of carbonyl (C=O) groups is 2. The van der Waals surface area contributed by atoms with Crippen molar-refractivity contribution in [2.75, 3.05) is 49.6 Å². The van der Waals surface area contributed by atoms with Crippen LogP contribution in [-0.4, -0.2) is 56.1 Å². The Kier molecular flexibility index (Phi) is 6.23. The van der Waals surface area contributed by atoms with E-state index in [9.17, 15) is 9.59 Å². The fraction of sp³-hybridized carbons (Fsp3) is 0.391. The Morgan fingerprint density at radius 1 is 0.968 bits per heavy atom. The predicted octanol–water partition coefficient (Wildman–Crippen LogP) is 3.67. The van der Waals surface area contributed by atoms with Crippen LogP contribution in [0.15, 0.2) is 36.4 Å². The molecule has 8 heteroatoms. The van der Waals surface area contributed by atoms with Gasteiger partial charge in [0.15, 0.2) is 11.5 Å². The van der Waals surface area contributed by atoms with Crippen LogP contribution in [0.5, 0.6) is 11.5 Å². The summed E-state index contributed by atoms with van der Waals surface area (Å²) >= 11 is 6.22. The molecular formula is C23H26ClN3O4. The number of nitrogens with one attached hydrogen (secondary N) is 1. The molecule has 31 heavy (non-hydrogen) atoms. The minimum Gasteiger partial charge on any atom is -0.486 e. The van der Waals surface area contributed by atoms with Crippen molar-refractivity contribution < 1.29 is 19.1 Å². The summed E-state index contributed by atoms with van der Waals surface area (Å²) in [5.74, 6) is 1.11. The molecule has 4 rings (SSSR count). The van der Waals surface area contributed by atoms with Crippen molar-refractivity contribution in [1.29, 1.82) is 0 Å². The van der Waals surface area contributed by atoms with Crippen molar-refractivity contribution in [1.82, 2.24) is 4.90 Å². The topological polar surface area (TPSA) is 71.1 Å². The second kappa shape index (κ2) is 9.06. The summed E-state index contributed by atoms with van der Waals surface area (Å²) in [5, 5.41) is 3.52. The van der Waals surface area contributed by atoms with Crippen molar-refractivity contribution in [2.45, 2.75) is 13.8 Å². The first-order valence-electron chi connectivity index (χ1n) is 10.5. The van der Waals surface area contributed by atoms with Gasteiger partial charge in [-0.05, 0) is 36.4 Å². The van der Waals surface area contributed by atoms with E-state index in [2.05, 4.69) is 10.2 Å². The normalized spacial score (nSPS) is 15.7. The van der Waals surface area contributed by atoms with Crippen LogP contribution < -0.4 is 19.7 Å². The molecule has 2 aliphatic rings. The molecule has 0 aromatic heterocycles. The van der Waals surface area contributed by atoms with E-state index in [1.807, 2.05) is 30.9 Å². The number of ether oxygens (including phenoxy) is 2. The number of rotatable bonds is 4. The third-order valence-corrected chi connectivity index (χ3v) is 5.67. The lowest BCUT2D eigenvalue weighted by Crippen LogP contribution is -2.50. The maximum absolute atomic E-state index is 12.9. The van der Waals surface area contributed by atoms with Crippen molar-refractivity contribution in [3.8, 4) is 11.5 Å². The number of benzene rings is 2. The molecule has 164 valence electrons. The van der Waals surface area contributed by atoms with E-state index in [1.165, 1.54) is 0 Å². The summed E-state index contributed by atoms with van der Waals surface area (Å²) in [7, 11) is 0. The Morgan fingerprint density at radius 3 is 2.39 bits per heavy atom. The first-order chi connectivity index (χ1) is 14.9. The Bertz CT molecular complexity index is 987. The first-order valence-corrected chi connectivity index (χ1v) is 10.8. The zero-order valence-corrected chi connectivity index (χ0v) is 18.4. The van der Waals surface area contributed by atoms with Gasteiger partial charge in [-0.15, -0.1) is 0 Å². The third kappa shape index (κ3) is 4.71. The molecule has 0 bridgehead atoms. The molecule has 0 aliphatic carbocycles. The Morgan fingerprint density at radius 2 is 1.68 bits per heavy atom. The SMILES string of the molecule is CC(C)C(=O)N1CCN(c2ccc(Cl)cc2NC(=O)c2ccc3c(c2)OCCO3)CC1. The molecule has 1 saturated heterocycles. The van der Waals surface area contributed by atoms with Crippen LogP contribution in [-0.2, 0) is 4.79 Å². The second-order valence-corrected chi connectivity index (χ2v) is 8.38. The minimum absolute atomic E-state index is 0.0112. The number of amides is 2. The van der Waals surface area contributed by atoms with Gasteiger partial charge in [0.1, 0.15) is 13.2 Å². The second-order valence-electron chi connectivity index (χ2n) is 7.94. The van der Waals surface area contributed by atoms with Gasteiger partial charge in [-0.3, -0.25) is 9.59 Å². The highest BCUT2D eigenvalue weighted by Crippen LogP contribution is 2.33. The number of carbonyl (C=O) groups excluding carboxylic acids is 2. The quantitative estimate of drug-likeness (QED) is 0.780. The summed E-state index contributed by atoms with van der Waals surface area (Å²) in [5.41, 5.74) is 1.99. The van der Waals surface area contributed by atoms with Crippen molar-refractivity contribution in [3.63, 3.8) is 0 Å². The van der Waals surface area contributed by atoms with Crippen LogP contribution in [0.1, 0.15) is 24.2 Å². The third-order valence-electron chi connectivity index (χ3n) is 5.44. The summed E-state index contributed by atoms with van der Waals surface area (Å²) in [6.45, 7) is 7.46. The molecule has 0 radical (unpaired) electrons. The summed E-state index contributed by atoms with van der Waals surface area (Å²) in [4.78, 5) is 29.3. The highest BCUT2D eigenvalue weighted by atomic mass is 35.5. The molecule has 0 atom stereocenters. The van der Waals surface area contributed by atoms with Crippen molar-refractivity contribution >= 4 is 34.8 Å². The average Bonchev–Trinajstić information content (AvgIpc) is 2.78. The zero-order chi connectivity index (χ0) is 22.0. The van der Waals surface area contributed by atoms with Gasteiger partial charge < -0.3 is 24.6 Å². The van der Waals surface area contributed by atoms with Crippen LogP contribution >= 0.6 is 11.6 Å². The Hall–Kier alpha value is -2.93. The number of anilines is 2. The van der Waals surface area contributed by atoms with Gasteiger partial charge in [0.2, 0.25) is 5.91 Å². The molecule has 2 aliphatic heterocycles. The number of hydrogen-bond donors (Lipinski definition) is 1. The zero-order valence-electron chi connectivity index (χ0n) is 17.7. The Balaban J connectivity index is 1.50. The van der Waals surface area contributed by atoms with E-state index in [-0.39, 0.29) is 17.7 Å². The molecule has 7 nitrogen and oxygen atoms in total. The maximum atomic E-state index is 12.9. The van der Waals surface area contributed by atoms with Gasteiger partial charge >= 0.3 is 0 Å². The molecular weight excluding hydrogens is 418 g/mol. The number of fused-ring (bicyclic) bond motifs is 1. The standard InChI is InChI=1S/C23H26ClN3O4/c1-15(2)23(29)27-9-7-26(8-10-27)19-5-4-17(24)14-18(19)25-22(28)16-3-6-20-21(13-16)31-12-11-30-20/h3-6,13-15H,7-12H2,1-2H3,(H,25,28). The lowest BCUT2D eigenvalue weighted by molar-refractivity contribution is -0.134. The fourth-order valence-electron chi connectivity index (χ4n) is 3.80. The monoisotopic (exact) mass is 443 g/mol. The molecule has 0 unspecified atom stereocenters.